The van der Waals surface area contributed by atoms with Crippen molar-refractivity contribution in [2.45, 2.75) is 13.0 Å². The maximum absolute atomic E-state index is 13.2. The van der Waals surface area contributed by atoms with Crippen molar-refractivity contribution in [3.05, 3.63) is 78.4 Å². The first kappa shape index (κ1) is 19.0. The SMILES string of the molecule is C[C@H](N=CC1C(=O)NC(=S)N(c2cccc3ccccc23)C1=O)c1ccccc1. The molecule has 4 rings (SSSR count). The molecule has 144 valence electrons. The molecule has 3 aromatic carbocycles. The predicted octanol–water partition coefficient (Wildman–Crippen LogP) is 4.04. The van der Waals surface area contributed by atoms with Crippen molar-refractivity contribution < 1.29 is 9.59 Å². The second-order valence-corrected chi connectivity index (χ2v) is 7.22. The fourth-order valence-corrected chi connectivity index (χ4v) is 3.67. The number of anilines is 1. The Hall–Kier alpha value is -3.38. The molecule has 1 aliphatic heterocycles. The fourth-order valence-electron chi connectivity index (χ4n) is 3.39. The van der Waals surface area contributed by atoms with Gasteiger partial charge in [-0.2, -0.15) is 0 Å². The molecule has 1 N–H and O–H groups in total. The lowest BCUT2D eigenvalue weighted by molar-refractivity contribution is -0.130. The molecule has 2 atom stereocenters. The van der Waals surface area contributed by atoms with Crippen LogP contribution in [-0.2, 0) is 9.59 Å². The van der Waals surface area contributed by atoms with Crippen molar-refractivity contribution in [3.8, 4) is 0 Å². The summed E-state index contributed by atoms with van der Waals surface area (Å²) in [6.07, 6.45) is 1.43. The minimum Gasteiger partial charge on any atom is -0.301 e. The molecule has 2 amide bonds. The lowest BCUT2D eigenvalue weighted by Gasteiger charge is -2.31. The van der Waals surface area contributed by atoms with Crippen LogP contribution in [0.3, 0.4) is 0 Å². The number of thiocarbonyl (C=S) groups is 1. The van der Waals surface area contributed by atoms with Gasteiger partial charge in [-0.25, -0.2) is 0 Å². The number of fused-ring (bicyclic) bond motifs is 1. The highest BCUT2D eigenvalue weighted by Gasteiger charge is 2.39. The van der Waals surface area contributed by atoms with Gasteiger partial charge in [0, 0.05) is 11.6 Å². The van der Waals surface area contributed by atoms with Gasteiger partial charge >= 0.3 is 0 Å². The van der Waals surface area contributed by atoms with Gasteiger partial charge in [0.1, 0.15) is 0 Å². The summed E-state index contributed by atoms with van der Waals surface area (Å²) in [4.78, 5) is 31.5. The van der Waals surface area contributed by atoms with E-state index in [0.29, 0.717) is 5.69 Å². The average molecular weight is 401 g/mol. The summed E-state index contributed by atoms with van der Waals surface area (Å²) < 4.78 is 0. The van der Waals surface area contributed by atoms with E-state index in [1.807, 2.05) is 79.7 Å². The van der Waals surface area contributed by atoms with Gasteiger partial charge in [-0.15, -0.1) is 0 Å². The summed E-state index contributed by atoms with van der Waals surface area (Å²) in [5, 5.41) is 4.59. The van der Waals surface area contributed by atoms with E-state index in [9.17, 15) is 9.59 Å². The molecule has 0 bridgehead atoms. The fraction of sp³-hybridized carbons (Fsp3) is 0.130. The summed E-state index contributed by atoms with van der Waals surface area (Å²) in [5.74, 6) is -1.90. The summed E-state index contributed by atoms with van der Waals surface area (Å²) in [5.41, 5.74) is 1.65. The molecule has 1 heterocycles. The van der Waals surface area contributed by atoms with Gasteiger partial charge in [0.15, 0.2) is 11.0 Å². The first-order valence-electron chi connectivity index (χ1n) is 9.31. The second kappa shape index (κ2) is 7.93. The maximum Gasteiger partial charge on any atom is 0.251 e. The molecule has 0 saturated carbocycles. The zero-order chi connectivity index (χ0) is 20.4. The molecule has 0 aromatic heterocycles. The molecule has 0 aliphatic carbocycles. The molecule has 0 spiro atoms. The van der Waals surface area contributed by atoms with Crippen molar-refractivity contribution >= 4 is 51.8 Å². The Kier molecular flexibility index (Phi) is 5.18. The van der Waals surface area contributed by atoms with Gasteiger partial charge in [0.2, 0.25) is 5.91 Å². The minimum absolute atomic E-state index is 0.0807. The van der Waals surface area contributed by atoms with Gasteiger partial charge in [-0.05, 0) is 36.2 Å². The van der Waals surface area contributed by atoms with Crippen molar-refractivity contribution in [2.24, 2.45) is 10.9 Å². The number of nitrogens with one attached hydrogen (secondary N) is 1. The predicted molar refractivity (Wildman–Crippen MR) is 119 cm³/mol. The number of carbonyl (C=O) groups is 2. The van der Waals surface area contributed by atoms with E-state index in [4.69, 9.17) is 12.2 Å². The van der Waals surface area contributed by atoms with E-state index >= 15 is 0 Å². The van der Waals surface area contributed by atoms with E-state index in [0.717, 1.165) is 16.3 Å². The standard InChI is InChI=1S/C23H19N3O2S/c1-15(16-8-3-2-4-9-16)24-14-19-21(27)25-23(29)26(22(19)28)20-13-7-11-17-10-5-6-12-18(17)20/h2-15,19H,1H3,(H,25,27,29)/t15-,19?/m0/s1. The summed E-state index contributed by atoms with van der Waals surface area (Å²) >= 11 is 5.32. The van der Waals surface area contributed by atoms with Crippen LogP contribution in [0.15, 0.2) is 77.8 Å². The number of hydrogen-bond acceptors (Lipinski definition) is 4. The van der Waals surface area contributed by atoms with E-state index < -0.39 is 17.7 Å². The zero-order valence-corrected chi connectivity index (χ0v) is 16.6. The molecule has 6 heteroatoms. The van der Waals surface area contributed by atoms with Gasteiger partial charge in [-0.3, -0.25) is 19.5 Å². The van der Waals surface area contributed by atoms with Gasteiger partial charge in [-0.1, -0.05) is 66.7 Å². The van der Waals surface area contributed by atoms with Crippen LogP contribution >= 0.6 is 12.2 Å². The quantitative estimate of drug-likeness (QED) is 0.408. The Labute approximate surface area is 174 Å². The van der Waals surface area contributed by atoms with Crippen LogP contribution in [0.1, 0.15) is 18.5 Å². The van der Waals surface area contributed by atoms with Crippen LogP contribution in [-0.4, -0.2) is 23.1 Å². The van der Waals surface area contributed by atoms with E-state index in [1.165, 1.54) is 11.1 Å². The Morgan fingerprint density at radius 1 is 1.00 bits per heavy atom. The number of benzene rings is 3. The molecule has 1 fully saturated rings. The number of hydrogen-bond donors (Lipinski definition) is 1. The number of aliphatic imine (C=N–C) groups is 1. The van der Waals surface area contributed by atoms with Crippen LogP contribution in [0.25, 0.3) is 10.8 Å². The van der Waals surface area contributed by atoms with E-state index in [-0.39, 0.29) is 11.2 Å². The third-order valence-corrected chi connectivity index (χ3v) is 5.24. The second-order valence-electron chi connectivity index (χ2n) is 6.83. The highest BCUT2D eigenvalue weighted by atomic mass is 32.1. The third kappa shape index (κ3) is 3.67. The number of amides is 2. The molecular weight excluding hydrogens is 382 g/mol. The molecule has 3 aromatic rings. The minimum atomic E-state index is -1.04. The van der Waals surface area contributed by atoms with Crippen LogP contribution in [0.2, 0.25) is 0 Å². The first-order valence-corrected chi connectivity index (χ1v) is 9.72. The number of rotatable bonds is 4. The van der Waals surface area contributed by atoms with Gasteiger partial charge in [0.05, 0.1) is 11.7 Å². The average Bonchev–Trinajstić information content (AvgIpc) is 2.74. The van der Waals surface area contributed by atoms with Crippen LogP contribution < -0.4 is 10.2 Å². The first-order chi connectivity index (χ1) is 14.1. The molecular formula is C23H19N3O2S. The molecule has 1 saturated heterocycles. The zero-order valence-electron chi connectivity index (χ0n) is 15.8. The Bertz CT molecular complexity index is 1120. The summed E-state index contributed by atoms with van der Waals surface area (Å²) in [6, 6.07) is 22.9. The number of carbonyl (C=O) groups excluding carboxylic acids is 2. The van der Waals surface area contributed by atoms with Crippen LogP contribution in [0, 0.1) is 5.92 Å². The van der Waals surface area contributed by atoms with Crippen molar-refractivity contribution in [1.29, 1.82) is 0 Å². The molecule has 5 nitrogen and oxygen atoms in total. The molecule has 29 heavy (non-hydrogen) atoms. The van der Waals surface area contributed by atoms with Crippen molar-refractivity contribution in [2.75, 3.05) is 4.90 Å². The van der Waals surface area contributed by atoms with E-state index in [2.05, 4.69) is 10.3 Å². The lowest BCUT2D eigenvalue weighted by atomic mass is 10.0. The third-order valence-electron chi connectivity index (χ3n) is 4.95. The number of nitrogens with zero attached hydrogens (tertiary/aromatic N) is 2. The van der Waals surface area contributed by atoms with Crippen LogP contribution in [0.5, 0.6) is 0 Å². The van der Waals surface area contributed by atoms with Gasteiger partial charge in [0.25, 0.3) is 5.91 Å². The molecule has 0 radical (unpaired) electrons. The largest absolute Gasteiger partial charge is 0.301 e. The summed E-state index contributed by atoms with van der Waals surface area (Å²) in [7, 11) is 0. The molecule has 1 unspecified atom stereocenters. The monoisotopic (exact) mass is 401 g/mol. The van der Waals surface area contributed by atoms with Gasteiger partial charge < -0.3 is 5.32 Å². The van der Waals surface area contributed by atoms with E-state index in [1.54, 1.807) is 0 Å². The topological polar surface area (TPSA) is 61.8 Å². The Morgan fingerprint density at radius 3 is 2.48 bits per heavy atom. The maximum atomic E-state index is 13.2. The highest BCUT2D eigenvalue weighted by Crippen LogP contribution is 2.29. The smallest absolute Gasteiger partial charge is 0.251 e. The molecule has 1 aliphatic rings. The van der Waals surface area contributed by atoms with Crippen LogP contribution in [0.4, 0.5) is 5.69 Å². The van der Waals surface area contributed by atoms with Crippen molar-refractivity contribution in [1.82, 2.24) is 5.32 Å². The summed E-state index contributed by atoms with van der Waals surface area (Å²) in [6.45, 7) is 1.92. The Balaban J connectivity index is 1.67. The van der Waals surface area contributed by atoms with Crippen molar-refractivity contribution in [3.63, 3.8) is 0 Å². The lowest BCUT2D eigenvalue weighted by Crippen LogP contribution is -2.58. The highest BCUT2D eigenvalue weighted by molar-refractivity contribution is 7.80. The Morgan fingerprint density at radius 2 is 1.69 bits per heavy atom. The normalized spacial score (nSPS) is 18.3.